The first kappa shape index (κ1) is 14.0. The summed E-state index contributed by atoms with van der Waals surface area (Å²) in [6, 6.07) is 8.74. The van der Waals surface area contributed by atoms with Crippen LogP contribution in [0.15, 0.2) is 24.3 Å². The molecule has 17 heavy (non-hydrogen) atoms. The first-order valence-electron chi connectivity index (χ1n) is 6.48. The summed E-state index contributed by atoms with van der Waals surface area (Å²) in [5.74, 6) is 1.75. The van der Waals surface area contributed by atoms with Crippen LogP contribution < -0.4 is 10.1 Å². The molecule has 0 heterocycles. The fourth-order valence-corrected chi connectivity index (χ4v) is 1.82. The summed E-state index contributed by atoms with van der Waals surface area (Å²) >= 11 is 0. The number of hydrogen-bond donors (Lipinski definition) is 1. The molecule has 0 aliphatic rings. The van der Waals surface area contributed by atoms with Crippen molar-refractivity contribution >= 4 is 0 Å². The summed E-state index contributed by atoms with van der Waals surface area (Å²) < 4.78 is 5.34. The van der Waals surface area contributed by atoms with Gasteiger partial charge < -0.3 is 10.1 Å². The Balaban J connectivity index is 2.39. The molecule has 96 valence electrons. The third kappa shape index (κ3) is 5.22. The van der Waals surface area contributed by atoms with Gasteiger partial charge in [0.05, 0.1) is 7.11 Å². The van der Waals surface area contributed by atoms with Crippen molar-refractivity contribution in [1.82, 2.24) is 5.32 Å². The van der Waals surface area contributed by atoms with Crippen molar-refractivity contribution in [3.8, 4) is 5.75 Å². The lowest BCUT2D eigenvalue weighted by Crippen LogP contribution is -2.25. The number of methoxy groups -OCH3 is 1. The zero-order valence-corrected chi connectivity index (χ0v) is 11.5. The molecule has 0 aromatic heterocycles. The van der Waals surface area contributed by atoms with Crippen molar-refractivity contribution in [1.29, 1.82) is 0 Å². The monoisotopic (exact) mass is 235 g/mol. The third-order valence-electron chi connectivity index (χ3n) is 3.01. The lowest BCUT2D eigenvalue weighted by molar-refractivity contribution is 0.402. The number of para-hydroxylation sites is 1. The van der Waals surface area contributed by atoms with Crippen LogP contribution in [0.5, 0.6) is 5.75 Å². The number of hydrogen-bond acceptors (Lipinski definition) is 2. The van der Waals surface area contributed by atoms with E-state index in [1.807, 2.05) is 12.1 Å². The molecule has 1 aromatic rings. The third-order valence-corrected chi connectivity index (χ3v) is 3.01. The quantitative estimate of drug-likeness (QED) is 0.779. The molecule has 0 spiro atoms. The summed E-state index contributed by atoms with van der Waals surface area (Å²) in [6.45, 7) is 7.67. The predicted octanol–water partition coefficient (Wildman–Crippen LogP) is 3.61. The molecule has 0 aliphatic heterocycles. The molecule has 0 saturated heterocycles. The SMILES string of the molecule is COc1ccccc1CNC(C)CCC(C)C. The average Bonchev–Trinajstić information content (AvgIpc) is 2.34. The molecule has 1 rings (SSSR count). The number of rotatable bonds is 7. The van der Waals surface area contributed by atoms with Crippen molar-refractivity contribution in [2.75, 3.05) is 7.11 Å². The minimum Gasteiger partial charge on any atom is -0.496 e. The normalized spacial score (nSPS) is 12.8. The maximum Gasteiger partial charge on any atom is 0.123 e. The Bertz CT molecular complexity index is 322. The van der Waals surface area contributed by atoms with Crippen LogP contribution in [-0.4, -0.2) is 13.2 Å². The van der Waals surface area contributed by atoms with Crippen molar-refractivity contribution < 1.29 is 4.74 Å². The van der Waals surface area contributed by atoms with Crippen molar-refractivity contribution in [3.05, 3.63) is 29.8 Å². The Labute approximate surface area is 105 Å². The second kappa shape index (κ2) is 7.33. The molecular weight excluding hydrogens is 210 g/mol. The summed E-state index contributed by atoms with van der Waals surface area (Å²) in [5, 5.41) is 3.55. The summed E-state index contributed by atoms with van der Waals surface area (Å²) in [6.07, 6.45) is 2.51. The molecule has 2 nitrogen and oxygen atoms in total. The minimum atomic E-state index is 0.558. The van der Waals surface area contributed by atoms with Crippen LogP contribution in [0.1, 0.15) is 39.2 Å². The van der Waals surface area contributed by atoms with E-state index in [0.717, 1.165) is 18.2 Å². The van der Waals surface area contributed by atoms with Gasteiger partial charge in [-0.15, -0.1) is 0 Å². The van der Waals surface area contributed by atoms with E-state index in [-0.39, 0.29) is 0 Å². The first-order chi connectivity index (χ1) is 8.13. The molecule has 0 aliphatic carbocycles. The second-order valence-corrected chi connectivity index (χ2v) is 5.06. The number of nitrogens with one attached hydrogen (secondary N) is 1. The van der Waals surface area contributed by atoms with E-state index in [0.29, 0.717) is 6.04 Å². The maximum atomic E-state index is 5.34. The Hall–Kier alpha value is -1.02. The number of ether oxygens (including phenoxy) is 1. The molecule has 1 aromatic carbocycles. The molecule has 0 saturated carbocycles. The topological polar surface area (TPSA) is 21.3 Å². The molecule has 1 N–H and O–H groups in total. The predicted molar refractivity (Wildman–Crippen MR) is 73.4 cm³/mol. The standard InChI is InChI=1S/C15H25NO/c1-12(2)9-10-13(3)16-11-14-7-5-6-8-15(14)17-4/h5-8,12-13,16H,9-11H2,1-4H3. The Morgan fingerprint density at radius 3 is 2.47 bits per heavy atom. The van der Waals surface area contributed by atoms with E-state index in [9.17, 15) is 0 Å². The van der Waals surface area contributed by atoms with Gasteiger partial charge in [-0.3, -0.25) is 0 Å². The fraction of sp³-hybridized carbons (Fsp3) is 0.600. The first-order valence-corrected chi connectivity index (χ1v) is 6.48. The Kier molecular flexibility index (Phi) is 6.06. The molecule has 0 amide bonds. The second-order valence-electron chi connectivity index (χ2n) is 5.06. The van der Waals surface area contributed by atoms with Gasteiger partial charge in [0.1, 0.15) is 5.75 Å². The van der Waals surface area contributed by atoms with E-state index < -0.39 is 0 Å². The largest absolute Gasteiger partial charge is 0.496 e. The van der Waals surface area contributed by atoms with Gasteiger partial charge >= 0.3 is 0 Å². The van der Waals surface area contributed by atoms with E-state index in [4.69, 9.17) is 4.74 Å². The van der Waals surface area contributed by atoms with Crippen molar-refractivity contribution in [2.24, 2.45) is 5.92 Å². The van der Waals surface area contributed by atoms with Crippen LogP contribution in [-0.2, 0) is 6.54 Å². The minimum absolute atomic E-state index is 0.558. The van der Waals surface area contributed by atoms with E-state index in [2.05, 4.69) is 38.2 Å². The highest BCUT2D eigenvalue weighted by atomic mass is 16.5. The van der Waals surface area contributed by atoms with Gasteiger partial charge in [0, 0.05) is 18.2 Å². The van der Waals surface area contributed by atoms with Gasteiger partial charge in [0.25, 0.3) is 0 Å². The Morgan fingerprint density at radius 2 is 1.82 bits per heavy atom. The van der Waals surface area contributed by atoms with Crippen LogP contribution in [0.4, 0.5) is 0 Å². The van der Waals surface area contributed by atoms with Gasteiger partial charge in [0.15, 0.2) is 0 Å². The van der Waals surface area contributed by atoms with Gasteiger partial charge in [-0.05, 0) is 31.7 Å². The van der Waals surface area contributed by atoms with E-state index >= 15 is 0 Å². The smallest absolute Gasteiger partial charge is 0.123 e. The van der Waals surface area contributed by atoms with E-state index in [1.165, 1.54) is 18.4 Å². The van der Waals surface area contributed by atoms with Crippen molar-refractivity contribution in [2.45, 2.75) is 46.2 Å². The zero-order chi connectivity index (χ0) is 12.7. The fourth-order valence-electron chi connectivity index (χ4n) is 1.82. The van der Waals surface area contributed by atoms with Crippen LogP contribution in [0.25, 0.3) is 0 Å². The van der Waals surface area contributed by atoms with Gasteiger partial charge in [-0.1, -0.05) is 32.0 Å². The molecular formula is C15H25NO. The highest BCUT2D eigenvalue weighted by Gasteiger charge is 2.05. The molecule has 1 atom stereocenters. The van der Waals surface area contributed by atoms with Crippen molar-refractivity contribution in [3.63, 3.8) is 0 Å². The summed E-state index contributed by atoms with van der Waals surface area (Å²) in [4.78, 5) is 0. The highest BCUT2D eigenvalue weighted by Crippen LogP contribution is 2.17. The number of benzene rings is 1. The Morgan fingerprint density at radius 1 is 1.12 bits per heavy atom. The average molecular weight is 235 g/mol. The molecule has 0 radical (unpaired) electrons. The van der Waals surface area contributed by atoms with Crippen LogP contribution in [0.3, 0.4) is 0 Å². The zero-order valence-electron chi connectivity index (χ0n) is 11.5. The molecule has 0 bridgehead atoms. The lowest BCUT2D eigenvalue weighted by Gasteiger charge is -2.16. The lowest BCUT2D eigenvalue weighted by atomic mass is 10.0. The molecule has 0 fully saturated rings. The molecule has 2 heteroatoms. The summed E-state index contributed by atoms with van der Waals surface area (Å²) in [7, 11) is 1.72. The van der Waals surface area contributed by atoms with Gasteiger partial charge in [-0.25, -0.2) is 0 Å². The van der Waals surface area contributed by atoms with Crippen LogP contribution >= 0.6 is 0 Å². The summed E-state index contributed by atoms with van der Waals surface area (Å²) in [5.41, 5.74) is 1.23. The van der Waals surface area contributed by atoms with Crippen LogP contribution in [0.2, 0.25) is 0 Å². The highest BCUT2D eigenvalue weighted by molar-refractivity contribution is 5.32. The molecule has 1 unspecified atom stereocenters. The van der Waals surface area contributed by atoms with Gasteiger partial charge in [0.2, 0.25) is 0 Å². The maximum absolute atomic E-state index is 5.34. The van der Waals surface area contributed by atoms with Gasteiger partial charge in [-0.2, -0.15) is 0 Å². The van der Waals surface area contributed by atoms with Crippen LogP contribution in [0, 0.1) is 5.92 Å². The van der Waals surface area contributed by atoms with E-state index in [1.54, 1.807) is 7.11 Å².